The van der Waals surface area contributed by atoms with Crippen molar-refractivity contribution in [3.05, 3.63) is 23.9 Å². The molecular weight excluding hydrogens is 240 g/mol. The third-order valence-corrected chi connectivity index (χ3v) is 2.58. The summed E-state index contributed by atoms with van der Waals surface area (Å²) >= 11 is 0. The summed E-state index contributed by atoms with van der Waals surface area (Å²) in [7, 11) is 0. The molecule has 1 aromatic rings. The number of ether oxygens (including phenoxy) is 1. The third kappa shape index (κ3) is 6.08. The van der Waals surface area contributed by atoms with E-state index in [0.717, 1.165) is 18.5 Å². The fourth-order valence-electron chi connectivity index (χ4n) is 1.53. The van der Waals surface area contributed by atoms with E-state index in [4.69, 9.17) is 10.5 Å². The van der Waals surface area contributed by atoms with Crippen LogP contribution in [0.5, 0.6) is 5.88 Å². The molecular formula is C14H24N4O. The van der Waals surface area contributed by atoms with Crippen molar-refractivity contribution in [2.45, 2.75) is 33.7 Å². The molecule has 0 fully saturated rings. The molecule has 0 saturated carbocycles. The van der Waals surface area contributed by atoms with Gasteiger partial charge in [-0.2, -0.15) is 0 Å². The maximum Gasteiger partial charge on any atom is 0.218 e. The quantitative estimate of drug-likeness (QED) is 0.583. The zero-order chi connectivity index (χ0) is 14.1. The SMILES string of the molecule is CCOc1ncccc1CN=C(N)NCCC(C)C. The number of guanidine groups is 1. The standard InChI is InChI=1S/C14H24N4O/c1-4-19-13-12(6-5-8-16-13)10-18-14(15)17-9-7-11(2)3/h5-6,8,11H,4,7,9-10H2,1-3H3,(H3,15,17,18). The maximum atomic E-state index is 5.81. The Kier molecular flexibility index (Phi) is 6.71. The Morgan fingerprint density at radius 1 is 1.53 bits per heavy atom. The minimum absolute atomic E-state index is 0.465. The van der Waals surface area contributed by atoms with Gasteiger partial charge in [0.15, 0.2) is 5.96 Å². The van der Waals surface area contributed by atoms with Crippen molar-refractivity contribution in [1.82, 2.24) is 10.3 Å². The number of pyridine rings is 1. The largest absolute Gasteiger partial charge is 0.478 e. The highest BCUT2D eigenvalue weighted by atomic mass is 16.5. The van der Waals surface area contributed by atoms with E-state index >= 15 is 0 Å². The third-order valence-electron chi connectivity index (χ3n) is 2.58. The normalized spacial score (nSPS) is 11.7. The van der Waals surface area contributed by atoms with Crippen LogP contribution in [0.3, 0.4) is 0 Å². The Balaban J connectivity index is 2.50. The van der Waals surface area contributed by atoms with Gasteiger partial charge in [-0.1, -0.05) is 19.9 Å². The molecule has 0 spiro atoms. The molecule has 0 aliphatic carbocycles. The molecule has 106 valence electrons. The fourth-order valence-corrected chi connectivity index (χ4v) is 1.53. The van der Waals surface area contributed by atoms with Gasteiger partial charge in [0.25, 0.3) is 0 Å². The Bertz CT molecular complexity index is 404. The first-order valence-electron chi connectivity index (χ1n) is 6.74. The Morgan fingerprint density at radius 2 is 2.32 bits per heavy atom. The first-order valence-corrected chi connectivity index (χ1v) is 6.74. The summed E-state index contributed by atoms with van der Waals surface area (Å²) in [5.41, 5.74) is 6.75. The van der Waals surface area contributed by atoms with Crippen LogP contribution >= 0.6 is 0 Å². The molecule has 0 radical (unpaired) electrons. The van der Waals surface area contributed by atoms with Gasteiger partial charge in [0, 0.05) is 18.3 Å². The second-order valence-electron chi connectivity index (χ2n) is 4.71. The monoisotopic (exact) mass is 264 g/mol. The summed E-state index contributed by atoms with van der Waals surface area (Å²) in [6.45, 7) is 8.21. The van der Waals surface area contributed by atoms with E-state index in [2.05, 4.69) is 29.1 Å². The summed E-state index contributed by atoms with van der Waals surface area (Å²) < 4.78 is 5.44. The second-order valence-corrected chi connectivity index (χ2v) is 4.71. The predicted octanol–water partition coefficient (Wildman–Crippen LogP) is 1.93. The van der Waals surface area contributed by atoms with Gasteiger partial charge < -0.3 is 15.8 Å². The van der Waals surface area contributed by atoms with Crippen LogP contribution in [0.2, 0.25) is 0 Å². The molecule has 19 heavy (non-hydrogen) atoms. The van der Waals surface area contributed by atoms with Crippen molar-refractivity contribution in [1.29, 1.82) is 0 Å². The van der Waals surface area contributed by atoms with Gasteiger partial charge in [-0.25, -0.2) is 9.98 Å². The zero-order valence-corrected chi connectivity index (χ0v) is 12.0. The van der Waals surface area contributed by atoms with Gasteiger partial charge in [0.2, 0.25) is 5.88 Å². The van der Waals surface area contributed by atoms with Crippen molar-refractivity contribution in [3.63, 3.8) is 0 Å². The molecule has 0 aromatic carbocycles. The van der Waals surface area contributed by atoms with Crippen LogP contribution in [-0.4, -0.2) is 24.1 Å². The lowest BCUT2D eigenvalue weighted by Gasteiger charge is -2.09. The van der Waals surface area contributed by atoms with Crippen LogP contribution in [-0.2, 0) is 6.54 Å². The van der Waals surface area contributed by atoms with Crippen molar-refractivity contribution in [3.8, 4) is 5.88 Å². The van der Waals surface area contributed by atoms with Crippen molar-refractivity contribution in [2.75, 3.05) is 13.2 Å². The molecule has 1 heterocycles. The first kappa shape index (κ1) is 15.3. The summed E-state index contributed by atoms with van der Waals surface area (Å²) in [6.07, 6.45) is 2.79. The summed E-state index contributed by atoms with van der Waals surface area (Å²) in [6, 6.07) is 3.82. The smallest absolute Gasteiger partial charge is 0.218 e. The van der Waals surface area contributed by atoms with Crippen LogP contribution in [0, 0.1) is 5.92 Å². The van der Waals surface area contributed by atoms with E-state index in [9.17, 15) is 0 Å². The maximum absolute atomic E-state index is 5.81. The highest BCUT2D eigenvalue weighted by molar-refractivity contribution is 5.77. The molecule has 0 aliphatic rings. The van der Waals surface area contributed by atoms with Crippen LogP contribution in [0.1, 0.15) is 32.8 Å². The molecule has 5 nitrogen and oxygen atoms in total. The van der Waals surface area contributed by atoms with Gasteiger partial charge in [-0.3, -0.25) is 0 Å². The predicted molar refractivity (Wildman–Crippen MR) is 78.2 cm³/mol. The summed E-state index contributed by atoms with van der Waals surface area (Å²) in [5.74, 6) is 1.75. The van der Waals surface area contributed by atoms with Crippen LogP contribution < -0.4 is 15.8 Å². The van der Waals surface area contributed by atoms with Gasteiger partial charge >= 0.3 is 0 Å². The van der Waals surface area contributed by atoms with Gasteiger partial charge in [0.1, 0.15) is 0 Å². The Hall–Kier alpha value is -1.78. The molecule has 0 bridgehead atoms. The van der Waals surface area contributed by atoms with Crippen LogP contribution in [0.4, 0.5) is 0 Å². The highest BCUT2D eigenvalue weighted by Gasteiger charge is 2.03. The number of nitrogens with two attached hydrogens (primary N) is 1. The molecule has 0 atom stereocenters. The van der Waals surface area contributed by atoms with Gasteiger partial charge in [-0.05, 0) is 25.3 Å². The molecule has 0 aliphatic heterocycles. The Morgan fingerprint density at radius 3 is 3.00 bits per heavy atom. The molecule has 1 aromatic heterocycles. The molecule has 0 saturated heterocycles. The summed E-state index contributed by atoms with van der Waals surface area (Å²) in [5, 5.41) is 3.10. The van der Waals surface area contributed by atoms with E-state index in [-0.39, 0.29) is 0 Å². The van der Waals surface area contributed by atoms with E-state index in [1.54, 1.807) is 6.20 Å². The molecule has 5 heteroatoms. The van der Waals surface area contributed by atoms with E-state index in [0.29, 0.717) is 30.9 Å². The number of aromatic nitrogens is 1. The van der Waals surface area contributed by atoms with Crippen molar-refractivity contribution >= 4 is 5.96 Å². The van der Waals surface area contributed by atoms with E-state index in [1.807, 2.05) is 19.1 Å². The van der Waals surface area contributed by atoms with Crippen LogP contribution in [0.25, 0.3) is 0 Å². The topological polar surface area (TPSA) is 72.5 Å². The van der Waals surface area contributed by atoms with Crippen molar-refractivity contribution in [2.24, 2.45) is 16.6 Å². The number of nitrogens with zero attached hydrogens (tertiary/aromatic N) is 2. The van der Waals surface area contributed by atoms with Gasteiger partial charge in [-0.15, -0.1) is 0 Å². The highest BCUT2D eigenvalue weighted by Crippen LogP contribution is 2.14. The number of hydrogen-bond donors (Lipinski definition) is 2. The zero-order valence-electron chi connectivity index (χ0n) is 12.0. The average molecular weight is 264 g/mol. The molecule has 1 rings (SSSR count). The number of aliphatic imine (C=N–C) groups is 1. The van der Waals surface area contributed by atoms with Crippen LogP contribution in [0.15, 0.2) is 23.3 Å². The number of nitrogens with one attached hydrogen (secondary N) is 1. The van der Waals surface area contributed by atoms with E-state index < -0.39 is 0 Å². The number of rotatable bonds is 7. The minimum atomic E-state index is 0.465. The molecule has 0 unspecified atom stereocenters. The van der Waals surface area contributed by atoms with Gasteiger partial charge in [0.05, 0.1) is 13.2 Å². The summed E-state index contributed by atoms with van der Waals surface area (Å²) in [4.78, 5) is 8.48. The molecule has 3 N–H and O–H groups in total. The van der Waals surface area contributed by atoms with Crippen molar-refractivity contribution < 1.29 is 4.74 Å². The second kappa shape index (κ2) is 8.34. The fraction of sp³-hybridized carbons (Fsp3) is 0.571. The lowest BCUT2D eigenvalue weighted by atomic mass is 10.1. The average Bonchev–Trinajstić information content (AvgIpc) is 2.37. The molecule has 0 amide bonds. The van der Waals surface area contributed by atoms with E-state index in [1.165, 1.54) is 0 Å². The number of hydrogen-bond acceptors (Lipinski definition) is 3. The lowest BCUT2D eigenvalue weighted by Crippen LogP contribution is -2.32. The lowest BCUT2D eigenvalue weighted by molar-refractivity contribution is 0.323. The minimum Gasteiger partial charge on any atom is -0.478 e. The Labute approximate surface area is 115 Å². The first-order chi connectivity index (χ1) is 9.13.